The van der Waals surface area contributed by atoms with Crippen molar-refractivity contribution in [3.05, 3.63) is 23.3 Å². The molecule has 0 aromatic carbocycles. The second-order valence-corrected chi connectivity index (χ2v) is 9.02. The van der Waals surface area contributed by atoms with Gasteiger partial charge in [-0.1, -0.05) is 30.2 Å². The van der Waals surface area contributed by atoms with Crippen LogP contribution < -0.4 is 0 Å². The Hall–Kier alpha value is -1.05. The van der Waals surface area contributed by atoms with Crippen LogP contribution in [-0.4, -0.2) is 13.1 Å². The van der Waals surface area contributed by atoms with Gasteiger partial charge in [-0.15, -0.1) is 0 Å². The van der Waals surface area contributed by atoms with Gasteiger partial charge in [0.1, 0.15) is 0 Å². The van der Waals surface area contributed by atoms with Crippen LogP contribution in [-0.2, 0) is 9.53 Å². The van der Waals surface area contributed by atoms with Crippen molar-refractivity contribution in [2.75, 3.05) is 7.11 Å². The zero-order chi connectivity index (χ0) is 16.5. The minimum atomic E-state index is -0.376. The number of methoxy groups -OCH3 is 1. The van der Waals surface area contributed by atoms with Crippen molar-refractivity contribution in [2.45, 2.75) is 71.6 Å². The molecule has 1 unspecified atom stereocenters. The second kappa shape index (κ2) is 4.74. The van der Waals surface area contributed by atoms with Crippen LogP contribution in [0, 0.1) is 22.2 Å². The summed E-state index contributed by atoms with van der Waals surface area (Å²) in [7, 11) is 1.54. The number of carbonyl (C=O) groups excluding carboxylic acids is 1. The molecule has 4 aliphatic rings. The number of fused-ring (bicyclic) bond motifs is 2. The summed E-state index contributed by atoms with van der Waals surface area (Å²) in [6.07, 6.45) is 10.7. The van der Waals surface area contributed by atoms with Crippen molar-refractivity contribution in [1.29, 1.82) is 0 Å². The summed E-state index contributed by atoms with van der Waals surface area (Å²) < 4.78 is 5.20. The van der Waals surface area contributed by atoms with Crippen molar-refractivity contribution in [2.24, 2.45) is 22.2 Å². The third-order valence-electron chi connectivity index (χ3n) is 8.23. The van der Waals surface area contributed by atoms with Crippen molar-refractivity contribution < 1.29 is 9.53 Å². The quantitative estimate of drug-likeness (QED) is 0.491. The molecule has 0 aromatic rings. The van der Waals surface area contributed by atoms with E-state index in [1.165, 1.54) is 49.7 Å². The maximum atomic E-state index is 12.5. The number of hydrogen-bond donors (Lipinski definition) is 0. The van der Waals surface area contributed by atoms with E-state index in [-0.39, 0.29) is 16.8 Å². The van der Waals surface area contributed by atoms with Crippen LogP contribution in [0.1, 0.15) is 71.6 Å². The van der Waals surface area contributed by atoms with E-state index in [1.54, 1.807) is 12.7 Å². The largest absolute Gasteiger partial charge is 0.468 e. The molecule has 0 amide bonds. The first-order chi connectivity index (χ1) is 10.9. The third-order valence-corrected chi connectivity index (χ3v) is 8.23. The molecule has 2 fully saturated rings. The molecule has 2 bridgehead atoms. The van der Waals surface area contributed by atoms with Crippen molar-refractivity contribution in [3.63, 3.8) is 0 Å². The minimum absolute atomic E-state index is 0.0197. The van der Waals surface area contributed by atoms with E-state index in [2.05, 4.69) is 20.4 Å². The van der Waals surface area contributed by atoms with Gasteiger partial charge in [0.15, 0.2) is 0 Å². The smallest absolute Gasteiger partial charge is 0.315 e. The molecule has 23 heavy (non-hydrogen) atoms. The molecule has 4 aliphatic carbocycles. The van der Waals surface area contributed by atoms with Gasteiger partial charge >= 0.3 is 5.97 Å². The van der Waals surface area contributed by atoms with Gasteiger partial charge in [0, 0.05) is 0 Å². The molecule has 4 rings (SSSR count). The zero-order valence-corrected chi connectivity index (χ0v) is 15.0. The molecule has 0 saturated heterocycles. The van der Waals surface area contributed by atoms with Crippen LogP contribution in [0.2, 0.25) is 0 Å². The number of hydrogen-bond acceptors (Lipinski definition) is 2. The Morgan fingerprint density at radius 1 is 1.17 bits per heavy atom. The van der Waals surface area contributed by atoms with Gasteiger partial charge in [0.2, 0.25) is 0 Å². The van der Waals surface area contributed by atoms with Crippen LogP contribution in [0.5, 0.6) is 0 Å². The van der Waals surface area contributed by atoms with E-state index in [9.17, 15) is 4.79 Å². The number of allylic oxidation sites excluding steroid dienone is 2. The van der Waals surface area contributed by atoms with Crippen molar-refractivity contribution in [3.8, 4) is 0 Å². The van der Waals surface area contributed by atoms with Crippen LogP contribution in [0.25, 0.3) is 0 Å². The fraction of sp³-hybridized carbons (Fsp3) is 0.762. The molecule has 0 aliphatic heterocycles. The lowest BCUT2D eigenvalue weighted by Crippen LogP contribution is -2.49. The predicted molar refractivity (Wildman–Crippen MR) is 91.9 cm³/mol. The molecule has 1 spiro atoms. The summed E-state index contributed by atoms with van der Waals surface area (Å²) in [6.45, 7) is 9.04. The lowest BCUT2D eigenvalue weighted by Gasteiger charge is -2.58. The summed E-state index contributed by atoms with van der Waals surface area (Å²) in [5, 5.41) is 0. The average molecular weight is 314 g/mol. The highest BCUT2D eigenvalue weighted by atomic mass is 16.5. The molecule has 0 aromatic heterocycles. The Kier molecular flexibility index (Phi) is 3.19. The first kappa shape index (κ1) is 15.5. The van der Waals surface area contributed by atoms with Gasteiger partial charge in [-0.05, 0) is 81.5 Å². The SMILES string of the molecule is C=C1CC23CCC4=C(CCC[C@@]4(C)C(=O)OC)[C@@]2(C)CC[C@H]1C3. The average Bonchev–Trinajstić information content (AvgIpc) is 2.81. The lowest BCUT2D eigenvalue weighted by atomic mass is 9.46. The highest BCUT2D eigenvalue weighted by Crippen LogP contribution is 2.71. The van der Waals surface area contributed by atoms with E-state index in [0.717, 1.165) is 25.2 Å². The maximum absolute atomic E-state index is 12.5. The van der Waals surface area contributed by atoms with Gasteiger partial charge in [-0.3, -0.25) is 4.79 Å². The molecule has 0 radical (unpaired) electrons. The molecule has 2 nitrogen and oxygen atoms in total. The van der Waals surface area contributed by atoms with Crippen LogP contribution >= 0.6 is 0 Å². The fourth-order valence-electron chi connectivity index (χ4n) is 6.76. The summed E-state index contributed by atoms with van der Waals surface area (Å²) >= 11 is 0. The van der Waals surface area contributed by atoms with Crippen molar-refractivity contribution >= 4 is 5.97 Å². The van der Waals surface area contributed by atoms with Gasteiger partial charge in [-0.25, -0.2) is 0 Å². The summed E-state index contributed by atoms with van der Waals surface area (Å²) in [6, 6.07) is 0. The number of carbonyl (C=O) groups is 1. The summed E-state index contributed by atoms with van der Waals surface area (Å²) in [4.78, 5) is 12.5. The van der Waals surface area contributed by atoms with Gasteiger partial charge < -0.3 is 4.74 Å². The molecule has 126 valence electrons. The van der Waals surface area contributed by atoms with Gasteiger partial charge in [0.25, 0.3) is 0 Å². The maximum Gasteiger partial charge on any atom is 0.315 e. The van der Waals surface area contributed by atoms with E-state index in [0.29, 0.717) is 5.41 Å². The summed E-state index contributed by atoms with van der Waals surface area (Å²) in [5.41, 5.74) is 4.92. The van der Waals surface area contributed by atoms with Gasteiger partial charge in [-0.2, -0.15) is 0 Å². The van der Waals surface area contributed by atoms with E-state index < -0.39 is 0 Å². The third kappa shape index (κ3) is 1.78. The van der Waals surface area contributed by atoms with Crippen molar-refractivity contribution in [1.82, 2.24) is 0 Å². The number of rotatable bonds is 1. The fourth-order valence-corrected chi connectivity index (χ4v) is 6.76. The predicted octanol–water partition coefficient (Wildman–Crippen LogP) is 5.19. The molecular formula is C21H30O2. The first-order valence-corrected chi connectivity index (χ1v) is 9.35. The second-order valence-electron chi connectivity index (χ2n) is 9.02. The molecule has 2 heteroatoms. The van der Waals surface area contributed by atoms with Gasteiger partial charge in [0.05, 0.1) is 12.5 Å². The minimum Gasteiger partial charge on any atom is -0.468 e. The van der Waals surface area contributed by atoms with Crippen LogP contribution in [0.15, 0.2) is 23.3 Å². The Labute approximate surface area is 140 Å². The Morgan fingerprint density at radius 3 is 2.70 bits per heavy atom. The molecule has 0 heterocycles. The number of ether oxygens (including phenoxy) is 1. The number of esters is 1. The Balaban J connectivity index is 1.84. The topological polar surface area (TPSA) is 26.3 Å². The molecule has 0 N–H and O–H groups in total. The van der Waals surface area contributed by atoms with E-state index in [4.69, 9.17) is 4.74 Å². The lowest BCUT2D eigenvalue weighted by molar-refractivity contribution is -0.151. The zero-order valence-electron chi connectivity index (χ0n) is 15.0. The molecule has 2 saturated carbocycles. The molecular weight excluding hydrogens is 284 g/mol. The summed E-state index contributed by atoms with van der Waals surface area (Å²) in [5.74, 6) is 0.745. The van der Waals surface area contributed by atoms with Crippen LogP contribution in [0.4, 0.5) is 0 Å². The first-order valence-electron chi connectivity index (χ1n) is 9.35. The highest BCUT2D eigenvalue weighted by Gasteiger charge is 2.61. The van der Waals surface area contributed by atoms with E-state index >= 15 is 0 Å². The van der Waals surface area contributed by atoms with E-state index in [1.807, 2.05) is 0 Å². The Morgan fingerprint density at radius 2 is 1.96 bits per heavy atom. The monoisotopic (exact) mass is 314 g/mol. The molecule has 4 atom stereocenters. The highest BCUT2D eigenvalue weighted by molar-refractivity contribution is 5.81. The standard InChI is InChI=1S/C21H30O2/c1-14-12-21-11-8-16-17(20(21,3)10-7-15(14)13-21)6-5-9-19(16,2)18(22)23-4/h15H,1,5-13H2,2-4H3/t15-,19+,20+,21?/m0/s1. The Bertz CT molecular complexity index is 615. The van der Waals surface area contributed by atoms with Crippen LogP contribution in [0.3, 0.4) is 0 Å². The normalized spacial score (nSPS) is 45.5.